The van der Waals surface area contributed by atoms with Crippen LogP contribution in [0.5, 0.6) is 5.75 Å². The van der Waals surface area contributed by atoms with Gasteiger partial charge in [-0.25, -0.2) is 22.8 Å². The minimum Gasteiger partial charge on any atom is -0.496 e. The first-order chi connectivity index (χ1) is 16.9. The monoisotopic (exact) mass is 530 g/mol. The van der Waals surface area contributed by atoms with Crippen LogP contribution < -0.4 is 20.3 Å². The third-order valence-electron chi connectivity index (χ3n) is 6.10. The van der Waals surface area contributed by atoms with E-state index >= 15 is 0 Å². The molecule has 0 aliphatic carbocycles. The van der Waals surface area contributed by atoms with Crippen molar-refractivity contribution in [3.05, 3.63) is 64.6 Å². The lowest BCUT2D eigenvalue weighted by molar-refractivity contribution is 0.413. The highest BCUT2D eigenvalue weighted by atomic mass is 35.5. The topological polar surface area (TPSA) is 131 Å². The van der Waals surface area contributed by atoms with Crippen LogP contribution in [0.15, 0.2) is 58.2 Å². The molecule has 190 valence electrons. The Kier molecular flexibility index (Phi) is 7.46. The molecule has 0 saturated carbocycles. The molecule has 3 N–H and O–H groups in total. The Hall–Kier alpha value is -3.25. The maximum atomic E-state index is 13.1. The number of aromatic nitrogens is 4. The highest BCUT2D eigenvalue weighted by molar-refractivity contribution is 7.89. The van der Waals surface area contributed by atoms with Gasteiger partial charge >= 0.3 is 0 Å². The average molecular weight is 531 g/mol. The van der Waals surface area contributed by atoms with Gasteiger partial charge in [-0.2, -0.15) is 5.10 Å². The van der Waals surface area contributed by atoms with Gasteiger partial charge in [-0.05, 0) is 57.1 Å². The largest absolute Gasteiger partial charge is 0.496 e. The smallest absolute Gasteiger partial charge is 0.277 e. The molecule has 5 rings (SSSR count). The van der Waals surface area contributed by atoms with Gasteiger partial charge in [-0.1, -0.05) is 18.2 Å². The van der Waals surface area contributed by atoms with Crippen LogP contribution in [-0.4, -0.2) is 54.4 Å². The number of benzene rings is 2. The fourth-order valence-corrected chi connectivity index (χ4v) is 5.63. The van der Waals surface area contributed by atoms with Crippen LogP contribution >= 0.6 is 12.4 Å². The number of piperidine rings is 1. The van der Waals surface area contributed by atoms with Crippen molar-refractivity contribution in [2.24, 2.45) is 0 Å². The third-order valence-corrected chi connectivity index (χ3v) is 7.62. The van der Waals surface area contributed by atoms with E-state index in [1.807, 2.05) is 30.3 Å². The van der Waals surface area contributed by atoms with Gasteiger partial charge in [0.15, 0.2) is 5.52 Å². The van der Waals surface area contributed by atoms with Gasteiger partial charge in [-0.3, -0.25) is 4.79 Å². The number of halogens is 1. The lowest BCUT2D eigenvalue weighted by atomic mass is 10.1. The molecule has 2 aromatic heterocycles. The summed E-state index contributed by atoms with van der Waals surface area (Å²) in [6.45, 7) is 3.34. The molecular formula is C24H27ClN6O4S. The summed E-state index contributed by atoms with van der Waals surface area (Å²) < 4.78 is 35.8. The second-order valence-corrected chi connectivity index (χ2v) is 10.2. The summed E-state index contributed by atoms with van der Waals surface area (Å²) in [6, 6.07) is 13.8. The van der Waals surface area contributed by atoms with Crippen LogP contribution in [-0.2, 0) is 10.0 Å². The van der Waals surface area contributed by atoms with Crippen LogP contribution in [0.3, 0.4) is 0 Å². The summed E-state index contributed by atoms with van der Waals surface area (Å²) in [5.41, 5.74) is 2.25. The molecule has 0 unspecified atom stereocenters. The first kappa shape index (κ1) is 25.8. The van der Waals surface area contributed by atoms with Crippen molar-refractivity contribution in [1.82, 2.24) is 29.8 Å². The summed E-state index contributed by atoms with van der Waals surface area (Å²) in [5, 5.41) is 7.73. The van der Waals surface area contributed by atoms with Gasteiger partial charge in [0, 0.05) is 12.1 Å². The van der Waals surface area contributed by atoms with Gasteiger partial charge in [0.25, 0.3) is 5.56 Å². The lowest BCUT2D eigenvalue weighted by Crippen LogP contribution is -2.42. The zero-order valence-corrected chi connectivity index (χ0v) is 21.4. The summed E-state index contributed by atoms with van der Waals surface area (Å²) >= 11 is 0. The van der Waals surface area contributed by atoms with Crippen molar-refractivity contribution >= 4 is 33.5 Å². The van der Waals surface area contributed by atoms with E-state index in [2.05, 4.69) is 25.1 Å². The quantitative estimate of drug-likeness (QED) is 0.349. The fraction of sp³-hybridized carbons (Fsp3) is 0.292. The maximum Gasteiger partial charge on any atom is 0.277 e. The van der Waals surface area contributed by atoms with Crippen molar-refractivity contribution in [2.45, 2.75) is 30.7 Å². The Balaban J connectivity index is 0.00000304. The van der Waals surface area contributed by atoms with Gasteiger partial charge in [-0.15, -0.1) is 12.4 Å². The van der Waals surface area contributed by atoms with Crippen LogP contribution in [0.25, 0.3) is 28.1 Å². The second-order valence-electron chi connectivity index (χ2n) is 8.45. The molecule has 36 heavy (non-hydrogen) atoms. The summed E-state index contributed by atoms with van der Waals surface area (Å²) in [6.07, 6.45) is 1.46. The van der Waals surface area contributed by atoms with Crippen LogP contribution in [0.2, 0.25) is 0 Å². The van der Waals surface area contributed by atoms with Crippen molar-refractivity contribution < 1.29 is 13.2 Å². The number of methoxy groups -OCH3 is 1. The molecule has 4 aromatic rings. The molecule has 1 fully saturated rings. The number of para-hydroxylation sites is 1. The molecule has 12 heteroatoms. The standard InChI is InChI=1S/C24H26N6O4S.ClH/c1-15-21-22(30(28-15)17-6-4-3-5-7-17)24(31)27-23(26-21)19-9-8-18(14-20(19)34-2)35(32,33)29-16-10-12-25-13-11-16;/h3-9,14,16,25,29H,10-13H2,1-2H3,(H,26,27,31);1H. The zero-order valence-electron chi connectivity index (χ0n) is 19.8. The molecule has 0 atom stereocenters. The number of fused-ring (bicyclic) bond motifs is 1. The number of nitrogens with zero attached hydrogens (tertiary/aromatic N) is 3. The van der Waals surface area contributed by atoms with E-state index in [1.54, 1.807) is 17.7 Å². The lowest BCUT2D eigenvalue weighted by Gasteiger charge is -2.23. The van der Waals surface area contributed by atoms with E-state index in [9.17, 15) is 13.2 Å². The van der Waals surface area contributed by atoms with Gasteiger partial charge in [0.2, 0.25) is 10.0 Å². The Labute approximate surface area is 214 Å². The fourth-order valence-electron chi connectivity index (χ4n) is 4.31. The molecule has 0 amide bonds. The first-order valence-corrected chi connectivity index (χ1v) is 12.8. The highest BCUT2D eigenvalue weighted by Crippen LogP contribution is 2.31. The normalized spacial score (nSPS) is 14.5. The Morgan fingerprint density at radius 1 is 1.11 bits per heavy atom. The van der Waals surface area contributed by atoms with E-state index in [1.165, 1.54) is 19.2 Å². The Bertz CT molecular complexity index is 1550. The van der Waals surface area contributed by atoms with E-state index in [-0.39, 0.29) is 40.5 Å². The molecule has 0 bridgehead atoms. The average Bonchev–Trinajstić information content (AvgIpc) is 3.21. The molecule has 0 radical (unpaired) electrons. The number of rotatable bonds is 6. The van der Waals surface area contributed by atoms with E-state index in [0.29, 0.717) is 22.3 Å². The van der Waals surface area contributed by atoms with Crippen LogP contribution in [0.4, 0.5) is 0 Å². The second kappa shape index (κ2) is 10.4. The SMILES string of the molecule is COc1cc(S(=O)(=O)NC2CCNCC2)ccc1-c1nc2c(C)nn(-c3ccccc3)c2c(=O)[nH]1.Cl. The molecule has 1 aliphatic heterocycles. The van der Waals surface area contributed by atoms with Crippen LogP contribution in [0, 0.1) is 6.92 Å². The number of aromatic amines is 1. The zero-order chi connectivity index (χ0) is 24.6. The minimum atomic E-state index is -3.73. The van der Waals surface area contributed by atoms with Crippen molar-refractivity contribution in [1.29, 1.82) is 0 Å². The first-order valence-electron chi connectivity index (χ1n) is 11.3. The number of sulfonamides is 1. The predicted molar refractivity (Wildman–Crippen MR) is 140 cm³/mol. The summed E-state index contributed by atoms with van der Waals surface area (Å²) in [7, 11) is -2.28. The van der Waals surface area contributed by atoms with Crippen molar-refractivity contribution in [3.63, 3.8) is 0 Å². The Morgan fingerprint density at radius 2 is 1.83 bits per heavy atom. The van der Waals surface area contributed by atoms with Crippen molar-refractivity contribution in [3.8, 4) is 22.8 Å². The maximum absolute atomic E-state index is 13.1. The molecule has 1 aliphatic rings. The van der Waals surface area contributed by atoms with E-state index in [0.717, 1.165) is 31.6 Å². The molecular weight excluding hydrogens is 504 g/mol. The van der Waals surface area contributed by atoms with Crippen molar-refractivity contribution in [2.75, 3.05) is 20.2 Å². The number of ether oxygens (including phenoxy) is 1. The van der Waals surface area contributed by atoms with E-state index < -0.39 is 10.0 Å². The third kappa shape index (κ3) is 4.87. The number of aryl methyl sites for hydroxylation is 1. The number of hydrogen-bond donors (Lipinski definition) is 3. The van der Waals surface area contributed by atoms with Gasteiger partial charge in [0.05, 0.1) is 29.0 Å². The molecule has 2 aromatic carbocycles. The molecule has 10 nitrogen and oxygen atoms in total. The highest BCUT2D eigenvalue weighted by Gasteiger charge is 2.24. The van der Waals surface area contributed by atoms with Crippen LogP contribution in [0.1, 0.15) is 18.5 Å². The number of H-pyrrole nitrogens is 1. The Morgan fingerprint density at radius 3 is 2.53 bits per heavy atom. The van der Waals surface area contributed by atoms with Gasteiger partial charge in [0.1, 0.15) is 17.1 Å². The molecule has 3 heterocycles. The van der Waals surface area contributed by atoms with E-state index in [4.69, 9.17) is 4.74 Å². The molecule has 0 spiro atoms. The minimum absolute atomic E-state index is 0. The molecule has 1 saturated heterocycles. The summed E-state index contributed by atoms with van der Waals surface area (Å²) in [5.74, 6) is 0.555. The number of hydrogen-bond acceptors (Lipinski definition) is 7. The predicted octanol–water partition coefficient (Wildman–Crippen LogP) is 2.54. The number of nitrogens with one attached hydrogen (secondary N) is 3. The van der Waals surface area contributed by atoms with Gasteiger partial charge < -0.3 is 15.0 Å². The summed E-state index contributed by atoms with van der Waals surface area (Å²) in [4.78, 5) is 20.7.